The molecule has 3 heterocycles. The maximum absolute atomic E-state index is 13.9. The number of aromatic nitrogens is 2. The summed E-state index contributed by atoms with van der Waals surface area (Å²) in [4.78, 5) is 30.9. The summed E-state index contributed by atoms with van der Waals surface area (Å²) in [5, 5.41) is 0. The molecule has 4 rings (SSSR count). The Kier molecular flexibility index (Phi) is 6.27. The van der Waals surface area contributed by atoms with Crippen LogP contribution in [0.5, 0.6) is 17.2 Å². The van der Waals surface area contributed by atoms with E-state index in [1.54, 1.807) is 54.2 Å². The molecule has 0 unspecified atom stereocenters. The second-order valence-electron chi connectivity index (χ2n) is 7.73. The van der Waals surface area contributed by atoms with E-state index in [-0.39, 0.29) is 28.3 Å². The molecule has 1 aliphatic rings. The number of carbonyl (C=O) groups is 1. The summed E-state index contributed by atoms with van der Waals surface area (Å²) >= 11 is 0. The van der Waals surface area contributed by atoms with Gasteiger partial charge in [0, 0.05) is 29.7 Å². The summed E-state index contributed by atoms with van der Waals surface area (Å²) in [5.74, 6) is -0.518. The Morgan fingerprint density at radius 1 is 1.18 bits per heavy atom. The van der Waals surface area contributed by atoms with Crippen molar-refractivity contribution in [2.24, 2.45) is 5.73 Å². The molecule has 0 saturated carbocycles. The third-order valence-corrected chi connectivity index (χ3v) is 5.79. The van der Waals surface area contributed by atoms with Crippen LogP contribution in [0, 0.1) is 6.92 Å². The molecule has 0 aliphatic carbocycles. The van der Waals surface area contributed by atoms with Crippen molar-refractivity contribution in [2.75, 3.05) is 21.3 Å². The highest BCUT2D eigenvalue weighted by atomic mass is 16.5. The third kappa shape index (κ3) is 3.96. The van der Waals surface area contributed by atoms with Gasteiger partial charge in [0.15, 0.2) is 0 Å². The predicted octanol–water partition coefficient (Wildman–Crippen LogP) is 2.48. The van der Waals surface area contributed by atoms with Gasteiger partial charge in [-0.2, -0.15) is 0 Å². The lowest BCUT2D eigenvalue weighted by atomic mass is 9.82. The molecule has 1 aliphatic heterocycles. The number of methoxy groups -OCH3 is 3. The van der Waals surface area contributed by atoms with Crippen molar-refractivity contribution in [1.29, 1.82) is 0 Å². The predicted molar refractivity (Wildman–Crippen MR) is 124 cm³/mol. The van der Waals surface area contributed by atoms with E-state index in [2.05, 4.69) is 4.98 Å². The number of esters is 1. The Morgan fingerprint density at radius 2 is 1.97 bits per heavy atom. The number of benzene rings is 1. The van der Waals surface area contributed by atoms with Crippen LogP contribution < -0.4 is 25.5 Å². The molecule has 0 bridgehead atoms. The smallest absolute Gasteiger partial charge is 0.340 e. The normalized spacial score (nSPS) is 14.8. The lowest BCUT2D eigenvalue weighted by molar-refractivity contribution is -0.136. The van der Waals surface area contributed by atoms with Crippen molar-refractivity contribution < 1.29 is 23.7 Å². The van der Waals surface area contributed by atoms with E-state index in [4.69, 9.17) is 24.7 Å². The van der Waals surface area contributed by atoms with Gasteiger partial charge < -0.3 is 29.2 Å². The fourth-order valence-corrected chi connectivity index (χ4v) is 4.14. The van der Waals surface area contributed by atoms with E-state index in [0.717, 1.165) is 5.56 Å². The maximum Gasteiger partial charge on any atom is 0.340 e. The standard InChI is InChI=1S/C25H25N3O6/c1-14-10-19-21(24(29)28(14)13-15-6-5-9-27-12-15)20(22(23(26)34-19)25(30)33-4)17-11-16(31-2)7-8-18(17)32-3/h5-12,20H,13,26H2,1-4H3/t20-/m1/s1. The molecule has 2 aromatic heterocycles. The van der Waals surface area contributed by atoms with Gasteiger partial charge in [-0.05, 0) is 36.8 Å². The Balaban J connectivity index is 2.01. The lowest BCUT2D eigenvalue weighted by Crippen LogP contribution is -2.35. The van der Waals surface area contributed by atoms with Crippen molar-refractivity contribution >= 4 is 5.97 Å². The number of ether oxygens (including phenoxy) is 4. The van der Waals surface area contributed by atoms with E-state index < -0.39 is 11.9 Å². The van der Waals surface area contributed by atoms with Gasteiger partial charge in [-0.25, -0.2) is 4.79 Å². The van der Waals surface area contributed by atoms with Crippen molar-refractivity contribution in [3.8, 4) is 17.2 Å². The quantitative estimate of drug-likeness (QED) is 0.555. The summed E-state index contributed by atoms with van der Waals surface area (Å²) in [7, 11) is 4.28. The van der Waals surface area contributed by atoms with Gasteiger partial charge in [0.1, 0.15) is 22.8 Å². The minimum absolute atomic E-state index is 0.00966. The van der Waals surface area contributed by atoms with E-state index in [1.165, 1.54) is 21.3 Å². The van der Waals surface area contributed by atoms with Crippen LogP contribution in [-0.2, 0) is 16.1 Å². The molecule has 0 radical (unpaired) electrons. The number of nitrogens with two attached hydrogens (primary N) is 1. The average molecular weight is 463 g/mol. The topological polar surface area (TPSA) is 115 Å². The molecule has 0 spiro atoms. The monoisotopic (exact) mass is 463 g/mol. The zero-order valence-corrected chi connectivity index (χ0v) is 19.3. The number of hydrogen-bond donors (Lipinski definition) is 1. The first-order chi connectivity index (χ1) is 16.4. The molecule has 0 amide bonds. The molecular weight excluding hydrogens is 438 g/mol. The van der Waals surface area contributed by atoms with Crippen LogP contribution in [-0.4, -0.2) is 36.8 Å². The fourth-order valence-electron chi connectivity index (χ4n) is 4.14. The summed E-state index contributed by atoms with van der Waals surface area (Å²) in [6.07, 6.45) is 3.36. The first kappa shape index (κ1) is 22.9. The molecule has 3 aromatic rings. The van der Waals surface area contributed by atoms with Gasteiger partial charge in [0.05, 0.1) is 39.4 Å². The van der Waals surface area contributed by atoms with Crippen LogP contribution in [0.3, 0.4) is 0 Å². The van der Waals surface area contributed by atoms with Crippen molar-refractivity contribution in [3.63, 3.8) is 0 Å². The minimum atomic E-state index is -0.908. The number of fused-ring (bicyclic) bond motifs is 1. The number of aryl methyl sites for hydroxylation is 1. The van der Waals surface area contributed by atoms with Crippen LogP contribution in [0.15, 0.2) is 65.0 Å². The molecule has 9 heteroatoms. The van der Waals surface area contributed by atoms with Gasteiger partial charge in [0.2, 0.25) is 5.88 Å². The molecule has 9 nitrogen and oxygen atoms in total. The Hall–Kier alpha value is -4.27. The number of pyridine rings is 2. The zero-order chi connectivity index (χ0) is 24.4. The van der Waals surface area contributed by atoms with Gasteiger partial charge >= 0.3 is 5.97 Å². The second kappa shape index (κ2) is 9.30. The van der Waals surface area contributed by atoms with E-state index in [0.29, 0.717) is 29.3 Å². The molecule has 2 N–H and O–H groups in total. The number of carbonyl (C=O) groups excluding carboxylic acids is 1. The largest absolute Gasteiger partial charge is 0.497 e. The zero-order valence-electron chi connectivity index (χ0n) is 19.3. The van der Waals surface area contributed by atoms with Gasteiger partial charge in [-0.3, -0.25) is 9.78 Å². The highest BCUT2D eigenvalue weighted by Crippen LogP contribution is 2.45. The summed E-state index contributed by atoms with van der Waals surface area (Å²) < 4.78 is 23.3. The van der Waals surface area contributed by atoms with E-state index in [9.17, 15) is 9.59 Å². The van der Waals surface area contributed by atoms with Gasteiger partial charge in [-0.1, -0.05) is 6.07 Å². The summed E-state index contributed by atoms with van der Waals surface area (Å²) in [6.45, 7) is 2.10. The second-order valence-corrected chi connectivity index (χ2v) is 7.73. The molecule has 0 saturated heterocycles. The SMILES string of the molecule is COC(=O)C1=C(N)Oc2cc(C)n(Cc3cccnc3)c(=O)c2[C@H]1c1cc(OC)ccc1OC. The van der Waals surface area contributed by atoms with Crippen LogP contribution >= 0.6 is 0 Å². The average Bonchev–Trinajstić information content (AvgIpc) is 2.85. The van der Waals surface area contributed by atoms with E-state index in [1.807, 2.05) is 6.07 Å². The van der Waals surface area contributed by atoms with Crippen molar-refractivity contribution in [3.05, 3.63) is 93.0 Å². The van der Waals surface area contributed by atoms with Crippen LogP contribution in [0.2, 0.25) is 0 Å². The maximum atomic E-state index is 13.9. The van der Waals surface area contributed by atoms with Gasteiger partial charge in [0.25, 0.3) is 5.56 Å². The number of nitrogens with zero attached hydrogens (tertiary/aromatic N) is 2. The van der Waals surface area contributed by atoms with Crippen LogP contribution in [0.1, 0.15) is 28.3 Å². The van der Waals surface area contributed by atoms with Crippen LogP contribution in [0.25, 0.3) is 0 Å². The first-order valence-electron chi connectivity index (χ1n) is 10.5. The van der Waals surface area contributed by atoms with E-state index >= 15 is 0 Å². The van der Waals surface area contributed by atoms with Crippen LogP contribution in [0.4, 0.5) is 0 Å². The molecule has 176 valence electrons. The molecule has 34 heavy (non-hydrogen) atoms. The molecule has 1 atom stereocenters. The highest BCUT2D eigenvalue weighted by molar-refractivity contribution is 5.92. The number of rotatable bonds is 6. The third-order valence-electron chi connectivity index (χ3n) is 5.79. The van der Waals surface area contributed by atoms with Crippen molar-refractivity contribution in [2.45, 2.75) is 19.4 Å². The lowest BCUT2D eigenvalue weighted by Gasteiger charge is -2.30. The molecule has 0 fully saturated rings. The summed E-state index contributed by atoms with van der Waals surface area (Å²) in [5.41, 5.74) is 8.15. The molecular formula is C25H25N3O6. The van der Waals surface area contributed by atoms with Crippen molar-refractivity contribution in [1.82, 2.24) is 9.55 Å². The first-order valence-corrected chi connectivity index (χ1v) is 10.5. The summed E-state index contributed by atoms with van der Waals surface area (Å²) in [6, 6.07) is 10.6. The van der Waals surface area contributed by atoms with Gasteiger partial charge in [-0.15, -0.1) is 0 Å². The Bertz CT molecular complexity index is 1330. The fraction of sp³-hybridized carbons (Fsp3) is 0.240. The minimum Gasteiger partial charge on any atom is -0.497 e. The molecule has 1 aromatic carbocycles. The highest BCUT2D eigenvalue weighted by Gasteiger charge is 2.39. The number of hydrogen-bond acceptors (Lipinski definition) is 8. The Labute approximate surface area is 196 Å². The Morgan fingerprint density at radius 3 is 2.62 bits per heavy atom.